The van der Waals surface area contributed by atoms with Gasteiger partial charge in [-0.15, -0.1) is 0 Å². The lowest BCUT2D eigenvalue weighted by Gasteiger charge is -2.28. The van der Waals surface area contributed by atoms with Crippen LogP contribution in [0.25, 0.3) is 0 Å². The van der Waals surface area contributed by atoms with Crippen LogP contribution in [0.2, 0.25) is 0 Å². The minimum atomic E-state index is -0.627. The molecular weight excluding hydrogens is 224 g/mol. The molecule has 0 radical (unpaired) electrons. The van der Waals surface area contributed by atoms with Gasteiger partial charge in [0.1, 0.15) is 0 Å². The maximum atomic E-state index is 11.5. The van der Waals surface area contributed by atoms with Crippen molar-refractivity contribution >= 4 is 5.97 Å². The van der Waals surface area contributed by atoms with E-state index in [0.717, 1.165) is 19.3 Å². The minimum Gasteiger partial charge on any atom is -0.481 e. The highest BCUT2D eigenvalue weighted by molar-refractivity contribution is 5.71. The third-order valence-electron chi connectivity index (χ3n) is 4.26. The molecule has 0 saturated heterocycles. The Balaban J connectivity index is 2.24. The summed E-state index contributed by atoms with van der Waals surface area (Å²) in [6, 6.07) is 10.4. The van der Waals surface area contributed by atoms with Crippen molar-refractivity contribution in [3.8, 4) is 0 Å². The zero-order valence-corrected chi connectivity index (χ0v) is 11.2. The summed E-state index contributed by atoms with van der Waals surface area (Å²) in [5.41, 5.74) is 1.31. The van der Waals surface area contributed by atoms with Gasteiger partial charge in [-0.3, -0.25) is 4.79 Å². The quantitative estimate of drug-likeness (QED) is 0.874. The molecule has 1 aromatic rings. The number of hydrogen-bond acceptors (Lipinski definition) is 1. The van der Waals surface area contributed by atoms with Gasteiger partial charge in [0.15, 0.2) is 0 Å². The zero-order chi connectivity index (χ0) is 13.1. The molecule has 1 saturated carbocycles. The normalized spacial score (nSPS) is 25.3. The second kappa shape index (κ2) is 5.55. The highest BCUT2D eigenvalue weighted by Gasteiger charge is 2.39. The van der Waals surface area contributed by atoms with Crippen LogP contribution in [0.1, 0.15) is 44.6 Å². The number of carbonyl (C=O) groups is 1. The molecule has 3 atom stereocenters. The first-order valence-electron chi connectivity index (χ1n) is 6.89. The van der Waals surface area contributed by atoms with Crippen LogP contribution in [0.4, 0.5) is 0 Å². The second-order valence-corrected chi connectivity index (χ2v) is 5.72. The van der Waals surface area contributed by atoms with Crippen molar-refractivity contribution in [3.63, 3.8) is 0 Å². The third-order valence-corrected chi connectivity index (χ3v) is 4.26. The summed E-state index contributed by atoms with van der Waals surface area (Å²) in [6.45, 7) is 4.05. The first-order chi connectivity index (χ1) is 8.61. The largest absolute Gasteiger partial charge is 0.481 e. The molecule has 1 fully saturated rings. The fourth-order valence-corrected chi connectivity index (χ4v) is 3.50. The number of hydrogen-bond donors (Lipinski definition) is 1. The lowest BCUT2D eigenvalue weighted by atomic mass is 9.75. The Kier molecular flexibility index (Phi) is 4.05. The Hall–Kier alpha value is -1.31. The molecule has 2 rings (SSSR count). The van der Waals surface area contributed by atoms with Crippen LogP contribution in [0, 0.1) is 17.8 Å². The summed E-state index contributed by atoms with van der Waals surface area (Å²) >= 11 is 0. The van der Waals surface area contributed by atoms with Crippen molar-refractivity contribution in [1.82, 2.24) is 0 Å². The highest BCUT2D eigenvalue weighted by Crippen LogP contribution is 2.45. The molecule has 0 amide bonds. The van der Waals surface area contributed by atoms with E-state index in [1.165, 1.54) is 5.56 Å². The van der Waals surface area contributed by atoms with Crippen molar-refractivity contribution in [2.24, 2.45) is 17.8 Å². The van der Waals surface area contributed by atoms with Gasteiger partial charge in [0.2, 0.25) is 0 Å². The van der Waals surface area contributed by atoms with E-state index in [2.05, 4.69) is 24.3 Å². The van der Waals surface area contributed by atoms with Gasteiger partial charge < -0.3 is 5.11 Å². The monoisotopic (exact) mass is 246 g/mol. The maximum Gasteiger partial charge on any atom is 0.307 e. The summed E-state index contributed by atoms with van der Waals surface area (Å²) in [6.07, 6.45) is 3.33. The Bertz CT molecular complexity index is 397. The summed E-state index contributed by atoms with van der Waals surface area (Å²) in [5, 5.41) is 9.47. The molecule has 0 spiro atoms. The number of carboxylic acids is 1. The predicted octanol–water partition coefficient (Wildman–Crippen LogP) is 3.93. The molecule has 98 valence electrons. The molecule has 0 heterocycles. The summed E-state index contributed by atoms with van der Waals surface area (Å²) in [4.78, 5) is 11.5. The van der Waals surface area contributed by atoms with Gasteiger partial charge in [0, 0.05) is 0 Å². The number of carboxylic acid groups (broad SMARTS) is 1. The number of benzene rings is 1. The van der Waals surface area contributed by atoms with Gasteiger partial charge in [0.05, 0.1) is 5.92 Å². The molecule has 3 unspecified atom stereocenters. The Morgan fingerprint density at radius 2 is 1.89 bits per heavy atom. The average Bonchev–Trinajstić information content (AvgIpc) is 2.78. The first-order valence-corrected chi connectivity index (χ1v) is 6.89. The molecule has 1 N–H and O–H groups in total. The Labute approximate surface area is 109 Å². The van der Waals surface area contributed by atoms with Gasteiger partial charge in [0.25, 0.3) is 0 Å². The number of rotatable bonds is 4. The van der Waals surface area contributed by atoms with Crippen molar-refractivity contribution in [3.05, 3.63) is 35.9 Å². The summed E-state index contributed by atoms with van der Waals surface area (Å²) < 4.78 is 0. The lowest BCUT2D eigenvalue weighted by molar-refractivity contribution is -0.145. The fraction of sp³-hybridized carbons (Fsp3) is 0.562. The van der Waals surface area contributed by atoms with Gasteiger partial charge in [-0.1, -0.05) is 50.6 Å². The van der Waals surface area contributed by atoms with Gasteiger partial charge in [-0.2, -0.15) is 0 Å². The molecule has 1 aliphatic rings. The van der Waals surface area contributed by atoms with Crippen LogP contribution in [-0.4, -0.2) is 11.1 Å². The molecule has 1 aromatic carbocycles. The fourth-order valence-electron chi connectivity index (χ4n) is 3.50. The van der Waals surface area contributed by atoms with E-state index < -0.39 is 5.97 Å². The topological polar surface area (TPSA) is 37.3 Å². The van der Waals surface area contributed by atoms with E-state index in [1.807, 2.05) is 19.9 Å². The van der Waals surface area contributed by atoms with Crippen molar-refractivity contribution in [2.75, 3.05) is 0 Å². The standard InChI is InChI=1S/C16H22O2/c1-11(2)15(16(17)18)14-10-6-9-13(14)12-7-4-3-5-8-12/h3-5,7-8,11,13-15H,6,9-10H2,1-2H3,(H,17,18). The van der Waals surface area contributed by atoms with Gasteiger partial charge >= 0.3 is 5.97 Å². The van der Waals surface area contributed by atoms with Crippen molar-refractivity contribution in [1.29, 1.82) is 0 Å². The predicted molar refractivity (Wildman–Crippen MR) is 72.5 cm³/mol. The van der Waals surface area contributed by atoms with Crippen LogP contribution >= 0.6 is 0 Å². The van der Waals surface area contributed by atoms with Crippen LogP contribution in [0.15, 0.2) is 30.3 Å². The molecular formula is C16H22O2. The van der Waals surface area contributed by atoms with E-state index in [9.17, 15) is 9.90 Å². The van der Waals surface area contributed by atoms with E-state index >= 15 is 0 Å². The molecule has 18 heavy (non-hydrogen) atoms. The SMILES string of the molecule is CC(C)C(C(=O)O)C1CCCC1c1ccccc1. The van der Waals surface area contributed by atoms with E-state index in [-0.39, 0.29) is 11.8 Å². The zero-order valence-electron chi connectivity index (χ0n) is 11.2. The lowest BCUT2D eigenvalue weighted by Crippen LogP contribution is -2.30. The molecule has 2 heteroatoms. The van der Waals surface area contributed by atoms with E-state index in [0.29, 0.717) is 11.8 Å². The molecule has 2 nitrogen and oxygen atoms in total. The van der Waals surface area contributed by atoms with E-state index in [1.54, 1.807) is 0 Å². The molecule has 0 aliphatic heterocycles. The van der Waals surface area contributed by atoms with Gasteiger partial charge in [-0.25, -0.2) is 0 Å². The molecule has 0 bridgehead atoms. The van der Waals surface area contributed by atoms with Crippen LogP contribution < -0.4 is 0 Å². The van der Waals surface area contributed by atoms with Crippen LogP contribution in [0.3, 0.4) is 0 Å². The maximum absolute atomic E-state index is 11.5. The van der Waals surface area contributed by atoms with Crippen molar-refractivity contribution in [2.45, 2.75) is 39.0 Å². The molecule has 0 aromatic heterocycles. The van der Waals surface area contributed by atoms with Crippen LogP contribution in [-0.2, 0) is 4.79 Å². The second-order valence-electron chi connectivity index (χ2n) is 5.72. The minimum absolute atomic E-state index is 0.205. The highest BCUT2D eigenvalue weighted by atomic mass is 16.4. The first kappa shape index (κ1) is 13.1. The molecule has 1 aliphatic carbocycles. The third kappa shape index (κ3) is 2.58. The summed E-state index contributed by atoms with van der Waals surface area (Å²) in [7, 11) is 0. The summed E-state index contributed by atoms with van der Waals surface area (Å²) in [5.74, 6) is 0.0898. The van der Waals surface area contributed by atoms with Gasteiger partial charge in [-0.05, 0) is 36.2 Å². The average molecular weight is 246 g/mol. The Morgan fingerprint density at radius 3 is 2.44 bits per heavy atom. The van der Waals surface area contributed by atoms with Crippen LogP contribution in [0.5, 0.6) is 0 Å². The Morgan fingerprint density at radius 1 is 1.22 bits per heavy atom. The van der Waals surface area contributed by atoms with E-state index in [4.69, 9.17) is 0 Å². The van der Waals surface area contributed by atoms with Crippen molar-refractivity contribution < 1.29 is 9.90 Å². The number of aliphatic carboxylic acids is 1. The smallest absolute Gasteiger partial charge is 0.307 e.